The van der Waals surface area contributed by atoms with Gasteiger partial charge in [0.1, 0.15) is 18.3 Å². The second kappa shape index (κ2) is 7.04. The van der Waals surface area contributed by atoms with Crippen LogP contribution in [0.2, 0.25) is 25.7 Å². The van der Waals surface area contributed by atoms with Crippen molar-refractivity contribution in [3.63, 3.8) is 0 Å². The van der Waals surface area contributed by atoms with Crippen LogP contribution in [0.4, 0.5) is 0 Å². The molecule has 0 unspecified atom stereocenters. The molecule has 0 atom stereocenters. The van der Waals surface area contributed by atoms with Gasteiger partial charge in [-0.2, -0.15) is 0 Å². The largest absolute Gasteiger partial charge is 0.497 e. The third-order valence-electron chi connectivity index (χ3n) is 3.79. The van der Waals surface area contributed by atoms with Gasteiger partial charge in [-0.3, -0.25) is 0 Å². The summed E-state index contributed by atoms with van der Waals surface area (Å²) in [5, 5.41) is 18.9. The van der Waals surface area contributed by atoms with E-state index in [0.29, 0.717) is 23.5 Å². The van der Waals surface area contributed by atoms with Gasteiger partial charge < -0.3 is 24.1 Å². The van der Waals surface area contributed by atoms with Crippen LogP contribution in [0.3, 0.4) is 0 Å². The van der Waals surface area contributed by atoms with Gasteiger partial charge in [-0.1, -0.05) is 19.6 Å². The third kappa shape index (κ3) is 4.35. The van der Waals surface area contributed by atoms with Gasteiger partial charge in [0.05, 0.1) is 18.1 Å². The number of methoxy groups -OCH3 is 1. The summed E-state index contributed by atoms with van der Waals surface area (Å²) in [4.78, 5) is 4.47. The van der Waals surface area contributed by atoms with Crippen LogP contribution in [-0.4, -0.2) is 48.5 Å². The van der Waals surface area contributed by atoms with Crippen LogP contribution in [0.5, 0.6) is 5.75 Å². The highest BCUT2D eigenvalue weighted by atomic mass is 28.3. The zero-order valence-corrected chi connectivity index (χ0v) is 15.5. The maximum atomic E-state index is 9.44. The smallest absolute Gasteiger partial charge is 0.492 e. The van der Waals surface area contributed by atoms with Gasteiger partial charge in [-0.15, -0.1) is 0 Å². The first kappa shape index (κ1) is 18.0. The standard InChI is InChI=1S/C15H25BN2O4Si/c1-11-17-13-8-12(16(19)20)15(21-2)9-14(13)18(11)10-22-6-7-23(3,4)5/h8-9,19-20H,6-7,10H2,1-5H3. The second-order valence-electron chi connectivity index (χ2n) is 6.89. The molecule has 23 heavy (non-hydrogen) atoms. The number of rotatable bonds is 7. The molecule has 8 heteroatoms. The van der Waals surface area contributed by atoms with Gasteiger partial charge in [-0.05, 0) is 19.0 Å². The lowest BCUT2D eigenvalue weighted by molar-refractivity contribution is 0.0885. The van der Waals surface area contributed by atoms with E-state index in [1.807, 2.05) is 11.5 Å². The molecule has 1 heterocycles. The minimum atomic E-state index is -1.59. The Bertz CT molecular complexity index is 682. The molecule has 0 aliphatic carbocycles. The van der Waals surface area contributed by atoms with Crippen molar-refractivity contribution in [3.05, 3.63) is 18.0 Å². The average Bonchev–Trinajstić information content (AvgIpc) is 2.76. The topological polar surface area (TPSA) is 76.7 Å². The lowest BCUT2D eigenvalue weighted by atomic mass is 9.79. The average molecular weight is 336 g/mol. The Morgan fingerprint density at radius 3 is 2.52 bits per heavy atom. The normalized spacial score (nSPS) is 12.0. The molecule has 0 amide bonds. The number of hydrogen-bond donors (Lipinski definition) is 2. The Morgan fingerprint density at radius 1 is 1.26 bits per heavy atom. The molecule has 0 fully saturated rings. The van der Waals surface area contributed by atoms with E-state index < -0.39 is 15.2 Å². The second-order valence-corrected chi connectivity index (χ2v) is 12.5. The first-order valence-electron chi connectivity index (χ1n) is 7.71. The van der Waals surface area contributed by atoms with Crippen molar-refractivity contribution in [2.75, 3.05) is 13.7 Å². The fraction of sp³-hybridized carbons (Fsp3) is 0.533. The molecule has 0 bridgehead atoms. The van der Waals surface area contributed by atoms with Gasteiger partial charge in [-0.25, -0.2) is 4.98 Å². The summed E-state index contributed by atoms with van der Waals surface area (Å²) in [5.41, 5.74) is 1.86. The molecule has 126 valence electrons. The molecule has 1 aromatic heterocycles. The van der Waals surface area contributed by atoms with Crippen LogP contribution < -0.4 is 10.2 Å². The summed E-state index contributed by atoms with van der Waals surface area (Å²) in [6.45, 7) is 10.0. The minimum absolute atomic E-state index is 0.310. The van der Waals surface area contributed by atoms with Crippen LogP contribution in [-0.2, 0) is 11.5 Å². The summed E-state index contributed by atoms with van der Waals surface area (Å²) in [6, 6.07) is 4.53. The Labute approximate surface area is 138 Å². The Balaban J connectivity index is 2.25. The van der Waals surface area contributed by atoms with Gasteiger partial charge in [0.15, 0.2) is 0 Å². The van der Waals surface area contributed by atoms with Gasteiger partial charge in [0.25, 0.3) is 0 Å². The molecule has 0 aliphatic rings. The lowest BCUT2D eigenvalue weighted by Crippen LogP contribution is -2.31. The number of nitrogens with zero attached hydrogens (tertiary/aromatic N) is 2. The molecule has 0 saturated heterocycles. The van der Waals surface area contributed by atoms with Crippen LogP contribution in [0.1, 0.15) is 5.82 Å². The zero-order valence-electron chi connectivity index (χ0n) is 14.5. The number of aryl methyl sites for hydroxylation is 1. The highest BCUT2D eigenvalue weighted by Gasteiger charge is 2.20. The number of aromatic nitrogens is 2. The first-order valence-corrected chi connectivity index (χ1v) is 11.4. The van der Waals surface area contributed by atoms with Crippen molar-refractivity contribution < 1.29 is 19.5 Å². The summed E-state index contributed by atoms with van der Waals surface area (Å²) < 4.78 is 13.0. The Morgan fingerprint density at radius 2 is 1.96 bits per heavy atom. The zero-order chi connectivity index (χ0) is 17.2. The third-order valence-corrected chi connectivity index (χ3v) is 5.49. The van der Waals surface area contributed by atoms with Crippen LogP contribution in [0.15, 0.2) is 12.1 Å². The summed E-state index contributed by atoms with van der Waals surface area (Å²) in [5.74, 6) is 1.25. The van der Waals surface area contributed by atoms with E-state index in [1.54, 1.807) is 12.1 Å². The Hall–Kier alpha value is -1.35. The fourth-order valence-electron chi connectivity index (χ4n) is 2.36. The quantitative estimate of drug-likeness (QED) is 0.590. The number of benzene rings is 1. The van der Waals surface area contributed by atoms with E-state index in [2.05, 4.69) is 24.6 Å². The maximum absolute atomic E-state index is 9.44. The van der Waals surface area contributed by atoms with Crippen molar-refractivity contribution >= 4 is 31.7 Å². The molecule has 2 N–H and O–H groups in total. The summed E-state index contributed by atoms with van der Waals surface area (Å²) in [7, 11) is -1.19. The van der Waals surface area contributed by atoms with E-state index in [9.17, 15) is 10.0 Å². The fourth-order valence-corrected chi connectivity index (χ4v) is 3.12. The highest BCUT2D eigenvalue weighted by Crippen LogP contribution is 2.21. The van der Waals surface area contributed by atoms with Gasteiger partial charge >= 0.3 is 7.12 Å². The van der Waals surface area contributed by atoms with E-state index in [1.165, 1.54) is 7.11 Å². The predicted molar refractivity (Wildman–Crippen MR) is 95.0 cm³/mol. The molecule has 2 aromatic rings. The molecule has 0 aliphatic heterocycles. The lowest BCUT2D eigenvalue weighted by Gasteiger charge is -2.16. The molecule has 2 rings (SSSR count). The van der Waals surface area contributed by atoms with Crippen molar-refractivity contribution in [3.8, 4) is 5.75 Å². The molecule has 0 radical (unpaired) electrons. The molecular formula is C15H25BN2O4Si. The van der Waals surface area contributed by atoms with Crippen LogP contribution in [0.25, 0.3) is 11.0 Å². The SMILES string of the molecule is COc1cc2c(cc1B(O)O)nc(C)n2COCC[Si](C)(C)C. The number of imidazole rings is 1. The van der Waals surface area contributed by atoms with Crippen LogP contribution in [0, 0.1) is 6.92 Å². The number of fused-ring (bicyclic) bond motifs is 1. The van der Waals surface area contributed by atoms with Crippen LogP contribution >= 0.6 is 0 Å². The Kier molecular flexibility index (Phi) is 5.51. The van der Waals surface area contributed by atoms with E-state index in [0.717, 1.165) is 24.0 Å². The molecule has 6 nitrogen and oxygen atoms in total. The predicted octanol–water partition coefficient (Wildman–Crippen LogP) is 1.35. The molecular weight excluding hydrogens is 311 g/mol. The highest BCUT2D eigenvalue weighted by molar-refractivity contribution is 6.76. The molecule has 0 spiro atoms. The summed E-state index contributed by atoms with van der Waals surface area (Å²) in [6.07, 6.45) is 0. The van der Waals surface area contributed by atoms with Gasteiger partial charge in [0.2, 0.25) is 0 Å². The summed E-state index contributed by atoms with van der Waals surface area (Å²) >= 11 is 0. The van der Waals surface area contributed by atoms with E-state index >= 15 is 0 Å². The van der Waals surface area contributed by atoms with Crippen molar-refractivity contribution in [1.82, 2.24) is 9.55 Å². The van der Waals surface area contributed by atoms with Crippen molar-refractivity contribution in [2.24, 2.45) is 0 Å². The number of ether oxygens (including phenoxy) is 2. The van der Waals surface area contributed by atoms with Crippen molar-refractivity contribution in [1.29, 1.82) is 0 Å². The molecule has 1 aromatic carbocycles. The van der Waals surface area contributed by atoms with E-state index in [-0.39, 0.29) is 0 Å². The minimum Gasteiger partial charge on any atom is -0.497 e. The van der Waals surface area contributed by atoms with E-state index in [4.69, 9.17) is 9.47 Å². The number of hydrogen-bond acceptors (Lipinski definition) is 5. The molecule has 0 saturated carbocycles. The maximum Gasteiger partial charge on any atom is 0.492 e. The monoisotopic (exact) mass is 336 g/mol. The van der Waals surface area contributed by atoms with Crippen molar-refractivity contribution in [2.45, 2.75) is 39.3 Å². The first-order chi connectivity index (χ1) is 10.7. The van der Waals surface area contributed by atoms with Gasteiger partial charge in [0, 0.05) is 26.2 Å².